The standard InChI is InChI=1S/C13H18O3/c1-9-5-6-10(11(14)7-9)13(4)8-15-12(2,3)16-13/h5-7,14H,8H2,1-4H3/t13-/m0/s1. The van der Waals surface area contributed by atoms with E-state index in [0.717, 1.165) is 11.1 Å². The van der Waals surface area contributed by atoms with Crippen molar-refractivity contribution in [1.82, 2.24) is 0 Å². The molecule has 0 bridgehead atoms. The predicted molar refractivity (Wildman–Crippen MR) is 61.3 cm³/mol. The summed E-state index contributed by atoms with van der Waals surface area (Å²) in [6.45, 7) is 8.09. The summed E-state index contributed by atoms with van der Waals surface area (Å²) in [5.41, 5.74) is 1.24. The Kier molecular flexibility index (Phi) is 2.48. The summed E-state index contributed by atoms with van der Waals surface area (Å²) in [5.74, 6) is -0.324. The topological polar surface area (TPSA) is 38.7 Å². The molecule has 3 nitrogen and oxygen atoms in total. The molecule has 1 aromatic rings. The summed E-state index contributed by atoms with van der Waals surface area (Å²) in [5, 5.41) is 9.95. The quantitative estimate of drug-likeness (QED) is 0.794. The zero-order chi connectivity index (χ0) is 12.0. The van der Waals surface area contributed by atoms with Crippen LogP contribution >= 0.6 is 0 Å². The maximum atomic E-state index is 9.95. The molecule has 3 heteroatoms. The number of rotatable bonds is 1. The van der Waals surface area contributed by atoms with Crippen LogP contribution in [-0.4, -0.2) is 17.5 Å². The van der Waals surface area contributed by atoms with E-state index in [1.807, 2.05) is 39.8 Å². The van der Waals surface area contributed by atoms with Crippen LogP contribution in [0.5, 0.6) is 5.75 Å². The van der Waals surface area contributed by atoms with Crippen molar-refractivity contribution >= 4 is 0 Å². The first-order valence-corrected chi connectivity index (χ1v) is 5.47. The molecule has 2 rings (SSSR count). The molecule has 0 saturated carbocycles. The molecule has 1 N–H and O–H groups in total. The molecule has 1 saturated heterocycles. The fraction of sp³-hybridized carbons (Fsp3) is 0.538. The van der Waals surface area contributed by atoms with Gasteiger partial charge in [0.2, 0.25) is 0 Å². The number of aryl methyl sites for hydroxylation is 1. The van der Waals surface area contributed by atoms with E-state index in [0.29, 0.717) is 6.61 Å². The van der Waals surface area contributed by atoms with E-state index in [4.69, 9.17) is 9.47 Å². The SMILES string of the molecule is Cc1ccc([C@]2(C)COC(C)(C)O2)c(O)c1. The molecule has 0 spiro atoms. The lowest BCUT2D eigenvalue weighted by Crippen LogP contribution is -2.28. The summed E-state index contributed by atoms with van der Waals surface area (Å²) in [4.78, 5) is 0. The van der Waals surface area contributed by atoms with Gasteiger partial charge in [-0.15, -0.1) is 0 Å². The fourth-order valence-corrected chi connectivity index (χ4v) is 2.13. The molecule has 0 amide bonds. The van der Waals surface area contributed by atoms with Crippen molar-refractivity contribution in [3.05, 3.63) is 29.3 Å². The number of aromatic hydroxyl groups is 1. The van der Waals surface area contributed by atoms with Crippen LogP contribution in [0.2, 0.25) is 0 Å². The first-order valence-electron chi connectivity index (χ1n) is 5.47. The van der Waals surface area contributed by atoms with Crippen molar-refractivity contribution in [3.63, 3.8) is 0 Å². The van der Waals surface area contributed by atoms with Crippen molar-refractivity contribution in [2.75, 3.05) is 6.61 Å². The van der Waals surface area contributed by atoms with Crippen molar-refractivity contribution in [2.24, 2.45) is 0 Å². The van der Waals surface area contributed by atoms with Crippen LogP contribution in [0, 0.1) is 6.92 Å². The highest BCUT2D eigenvalue weighted by atomic mass is 16.8. The molecular formula is C13H18O3. The molecule has 1 atom stereocenters. The molecular weight excluding hydrogens is 204 g/mol. The first-order chi connectivity index (χ1) is 7.32. The number of phenolic OH excluding ortho intramolecular Hbond substituents is 1. The smallest absolute Gasteiger partial charge is 0.164 e. The lowest BCUT2D eigenvalue weighted by molar-refractivity contribution is -0.159. The molecule has 16 heavy (non-hydrogen) atoms. The number of hydrogen-bond donors (Lipinski definition) is 1. The molecule has 0 aliphatic carbocycles. The van der Waals surface area contributed by atoms with E-state index in [1.165, 1.54) is 0 Å². The van der Waals surface area contributed by atoms with Crippen LogP contribution in [0.15, 0.2) is 18.2 Å². The number of ether oxygens (including phenoxy) is 2. The lowest BCUT2D eigenvalue weighted by Gasteiger charge is -2.26. The highest BCUT2D eigenvalue weighted by Gasteiger charge is 2.44. The Morgan fingerprint density at radius 2 is 1.94 bits per heavy atom. The van der Waals surface area contributed by atoms with Gasteiger partial charge in [-0.3, -0.25) is 0 Å². The largest absolute Gasteiger partial charge is 0.508 e. The van der Waals surface area contributed by atoms with E-state index in [1.54, 1.807) is 6.07 Å². The number of phenols is 1. The van der Waals surface area contributed by atoms with Crippen molar-refractivity contribution < 1.29 is 14.6 Å². The second-order valence-electron chi connectivity index (χ2n) is 5.04. The van der Waals surface area contributed by atoms with Gasteiger partial charge in [-0.2, -0.15) is 0 Å². The Morgan fingerprint density at radius 3 is 2.44 bits per heavy atom. The van der Waals surface area contributed by atoms with Gasteiger partial charge in [0.25, 0.3) is 0 Å². The minimum Gasteiger partial charge on any atom is -0.508 e. The Morgan fingerprint density at radius 1 is 1.25 bits per heavy atom. The number of benzene rings is 1. The average Bonchev–Trinajstić information content (AvgIpc) is 2.41. The zero-order valence-electron chi connectivity index (χ0n) is 10.2. The van der Waals surface area contributed by atoms with Gasteiger partial charge in [0.15, 0.2) is 5.79 Å². The normalized spacial score (nSPS) is 28.2. The van der Waals surface area contributed by atoms with Crippen molar-refractivity contribution in [2.45, 2.75) is 39.1 Å². The van der Waals surface area contributed by atoms with Crippen LogP contribution in [0.25, 0.3) is 0 Å². The van der Waals surface area contributed by atoms with Gasteiger partial charge in [0.05, 0.1) is 6.61 Å². The van der Waals surface area contributed by atoms with E-state index in [2.05, 4.69) is 0 Å². The van der Waals surface area contributed by atoms with Crippen LogP contribution in [0.4, 0.5) is 0 Å². The van der Waals surface area contributed by atoms with Crippen LogP contribution in [0.1, 0.15) is 31.9 Å². The Labute approximate surface area is 96.0 Å². The molecule has 88 valence electrons. The molecule has 0 unspecified atom stereocenters. The maximum Gasteiger partial charge on any atom is 0.164 e. The third-order valence-corrected chi connectivity index (χ3v) is 2.89. The minimum atomic E-state index is -0.591. The van der Waals surface area contributed by atoms with Gasteiger partial charge in [-0.25, -0.2) is 0 Å². The molecule has 1 aliphatic heterocycles. The van der Waals surface area contributed by atoms with E-state index in [9.17, 15) is 5.11 Å². The average molecular weight is 222 g/mol. The van der Waals surface area contributed by atoms with Gasteiger partial charge >= 0.3 is 0 Å². The highest BCUT2D eigenvalue weighted by Crippen LogP contribution is 2.41. The summed E-state index contributed by atoms with van der Waals surface area (Å²) in [7, 11) is 0. The predicted octanol–water partition coefficient (Wildman–Crippen LogP) is 2.70. The van der Waals surface area contributed by atoms with Crippen molar-refractivity contribution in [1.29, 1.82) is 0 Å². The van der Waals surface area contributed by atoms with Crippen molar-refractivity contribution in [3.8, 4) is 5.75 Å². The Bertz CT molecular complexity index is 412. The van der Waals surface area contributed by atoms with E-state index in [-0.39, 0.29) is 5.75 Å². The summed E-state index contributed by atoms with van der Waals surface area (Å²) in [6, 6.07) is 5.61. The highest BCUT2D eigenvalue weighted by molar-refractivity contribution is 5.40. The summed E-state index contributed by atoms with van der Waals surface area (Å²) in [6.07, 6.45) is 0. The van der Waals surface area contributed by atoms with E-state index >= 15 is 0 Å². The fourth-order valence-electron chi connectivity index (χ4n) is 2.13. The monoisotopic (exact) mass is 222 g/mol. The molecule has 0 aromatic heterocycles. The Balaban J connectivity index is 2.38. The third-order valence-electron chi connectivity index (χ3n) is 2.89. The molecule has 0 radical (unpaired) electrons. The van der Waals surface area contributed by atoms with Gasteiger partial charge in [0, 0.05) is 5.56 Å². The van der Waals surface area contributed by atoms with Gasteiger partial charge in [0.1, 0.15) is 11.4 Å². The summed E-state index contributed by atoms with van der Waals surface area (Å²) < 4.78 is 11.4. The second kappa shape index (κ2) is 3.47. The zero-order valence-corrected chi connectivity index (χ0v) is 10.2. The van der Waals surface area contributed by atoms with Crippen LogP contribution in [0.3, 0.4) is 0 Å². The van der Waals surface area contributed by atoms with Crippen LogP contribution in [-0.2, 0) is 15.1 Å². The van der Waals surface area contributed by atoms with E-state index < -0.39 is 11.4 Å². The molecule has 1 aliphatic rings. The second-order valence-corrected chi connectivity index (χ2v) is 5.04. The lowest BCUT2D eigenvalue weighted by atomic mass is 9.95. The first kappa shape index (κ1) is 11.4. The number of hydrogen-bond acceptors (Lipinski definition) is 3. The Hall–Kier alpha value is -1.06. The van der Waals surface area contributed by atoms with Gasteiger partial charge in [-0.05, 0) is 39.3 Å². The molecule has 1 heterocycles. The molecule has 1 fully saturated rings. The minimum absolute atomic E-state index is 0.267. The third kappa shape index (κ3) is 1.93. The molecule has 1 aromatic carbocycles. The van der Waals surface area contributed by atoms with Gasteiger partial charge < -0.3 is 14.6 Å². The van der Waals surface area contributed by atoms with Crippen LogP contribution < -0.4 is 0 Å². The van der Waals surface area contributed by atoms with Gasteiger partial charge in [-0.1, -0.05) is 12.1 Å². The summed E-state index contributed by atoms with van der Waals surface area (Å²) >= 11 is 0. The maximum absolute atomic E-state index is 9.95.